The Labute approximate surface area is 111 Å². The first kappa shape index (κ1) is 15.0. The summed E-state index contributed by atoms with van der Waals surface area (Å²) < 4.78 is 10.1. The van der Waals surface area contributed by atoms with E-state index in [9.17, 15) is 9.59 Å². The molecule has 2 N–H and O–H groups in total. The maximum absolute atomic E-state index is 11.8. The van der Waals surface area contributed by atoms with E-state index in [1.165, 1.54) is 12.0 Å². The lowest BCUT2D eigenvalue weighted by Gasteiger charge is -2.20. The van der Waals surface area contributed by atoms with E-state index in [0.717, 1.165) is 5.76 Å². The average molecular weight is 270 g/mol. The summed E-state index contributed by atoms with van der Waals surface area (Å²) in [7, 11) is 2.93. The number of ether oxygens (including phenoxy) is 1. The van der Waals surface area contributed by atoms with Crippen molar-refractivity contribution in [3.05, 3.63) is 23.7 Å². The summed E-state index contributed by atoms with van der Waals surface area (Å²) in [5.41, 5.74) is 0. The third kappa shape index (κ3) is 4.63. The van der Waals surface area contributed by atoms with Crippen LogP contribution in [0.15, 0.2) is 16.5 Å². The van der Waals surface area contributed by atoms with Gasteiger partial charge in [0, 0.05) is 14.2 Å². The van der Waals surface area contributed by atoms with Crippen molar-refractivity contribution < 1.29 is 23.8 Å². The van der Waals surface area contributed by atoms with E-state index >= 15 is 0 Å². The molecule has 0 aromatic carbocycles. The van der Waals surface area contributed by atoms with Crippen LogP contribution < -0.4 is 5.32 Å². The third-order valence-electron chi connectivity index (χ3n) is 2.46. The van der Waals surface area contributed by atoms with E-state index in [1.54, 1.807) is 19.2 Å². The van der Waals surface area contributed by atoms with Crippen molar-refractivity contribution >= 4 is 12.0 Å². The molecule has 1 rings (SSSR count). The number of furan rings is 1. The number of nitrogens with zero attached hydrogens (tertiary/aromatic N) is 1. The Kier molecular flexibility index (Phi) is 5.37. The first-order valence-electron chi connectivity index (χ1n) is 5.72. The van der Waals surface area contributed by atoms with Gasteiger partial charge >= 0.3 is 12.0 Å². The topological polar surface area (TPSA) is 92.0 Å². The normalized spacial score (nSPS) is 11.9. The molecule has 1 unspecified atom stereocenters. The van der Waals surface area contributed by atoms with E-state index in [-0.39, 0.29) is 13.2 Å². The highest BCUT2D eigenvalue weighted by atomic mass is 16.5. The molecule has 1 aromatic rings. The molecular formula is C12H18N2O5. The van der Waals surface area contributed by atoms with Crippen molar-refractivity contribution in [3.8, 4) is 0 Å². The van der Waals surface area contributed by atoms with Crippen LogP contribution in [-0.4, -0.2) is 48.8 Å². The van der Waals surface area contributed by atoms with Crippen LogP contribution in [0.1, 0.15) is 11.5 Å². The van der Waals surface area contributed by atoms with E-state index < -0.39 is 18.0 Å². The second kappa shape index (κ2) is 6.79. The average Bonchev–Trinajstić information content (AvgIpc) is 2.73. The van der Waals surface area contributed by atoms with Gasteiger partial charge in [-0.1, -0.05) is 0 Å². The molecule has 1 aromatic heterocycles. The van der Waals surface area contributed by atoms with E-state index in [4.69, 9.17) is 14.3 Å². The maximum atomic E-state index is 11.8. The zero-order valence-electron chi connectivity index (χ0n) is 11.2. The minimum atomic E-state index is -1.14. The van der Waals surface area contributed by atoms with Crippen LogP contribution in [0.5, 0.6) is 0 Å². The van der Waals surface area contributed by atoms with Crippen LogP contribution in [0.3, 0.4) is 0 Å². The van der Waals surface area contributed by atoms with Crippen LogP contribution in [0, 0.1) is 6.92 Å². The van der Waals surface area contributed by atoms with Gasteiger partial charge in [-0.3, -0.25) is 0 Å². The van der Waals surface area contributed by atoms with Gasteiger partial charge in [-0.15, -0.1) is 0 Å². The predicted octanol–water partition coefficient (Wildman–Crippen LogP) is 0.829. The molecule has 1 heterocycles. The number of methoxy groups -OCH3 is 1. The van der Waals surface area contributed by atoms with E-state index in [0.29, 0.717) is 5.76 Å². The Hall–Kier alpha value is -2.02. The Balaban J connectivity index is 2.54. The number of rotatable bonds is 6. The summed E-state index contributed by atoms with van der Waals surface area (Å²) in [5.74, 6) is 0.248. The number of carboxylic acid groups (broad SMARTS) is 1. The molecule has 1 atom stereocenters. The first-order valence-corrected chi connectivity index (χ1v) is 5.72. The summed E-state index contributed by atoms with van der Waals surface area (Å²) in [5, 5.41) is 11.3. The summed E-state index contributed by atoms with van der Waals surface area (Å²) >= 11 is 0. The van der Waals surface area contributed by atoms with Gasteiger partial charge in [0.25, 0.3) is 0 Å². The van der Waals surface area contributed by atoms with Crippen LogP contribution >= 0.6 is 0 Å². The molecule has 0 saturated heterocycles. The van der Waals surface area contributed by atoms with Crippen LogP contribution in [0.4, 0.5) is 4.79 Å². The van der Waals surface area contributed by atoms with Crippen LogP contribution in [-0.2, 0) is 16.1 Å². The number of aryl methyl sites for hydroxylation is 1. The first-order chi connectivity index (χ1) is 8.93. The monoisotopic (exact) mass is 270 g/mol. The fraction of sp³-hybridized carbons (Fsp3) is 0.500. The quantitative estimate of drug-likeness (QED) is 0.798. The fourth-order valence-corrected chi connectivity index (χ4v) is 1.48. The second-order valence-electron chi connectivity index (χ2n) is 4.16. The molecule has 0 saturated carbocycles. The highest BCUT2D eigenvalue weighted by Gasteiger charge is 2.21. The fourth-order valence-electron chi connectivity index (χ4n) is 1.48. The zero-order chi connectivity index (χ0) is 14.4. The Morgan fingerprint density at radius 3 is 2.68 bits per heavy atom. The second-order valence-corrected chi connectivity index (χ2v) is 4.16. The molecule has 2 amide bonds. The standard InChI is InChI=1S/C12H18N2O5/c1-8-4-5-9(19-8)6-14(2)12(17)13-10(7-18-3)11(15)16/h4-5,10H,6-7H2,1-3H3,(H,13,17)(H,15,16). The Morgan fingerprint density at radius 2 is 2.21 bits per heavy atom. The molecule has 0 aliphatic carbocycles. The van der Waals surface area contributed by atoms with Gasteiger partial charge in [-0.25, -0.2) is 9.59 Å². The number of carbonyl (C=O) groups excluding carboxylic acids is 1. The number of carboxylic acids is 1. The highest BCUT2D eigenvalue weighted by molar-refractivity contribution is 5.82. The molecular weight excluding hydrogens is 252 g/mol. The van der Waals surface area contributed by atoms with Crippen molar-refractivity contribution in [2.24, 2.45) is 0 Å². The summed E-state index contributed by atoms with van der Waals surface area (Å²) in [4.78, 5) is 24.0. The van der Waals surface area contributed by atoms with Gasteiger partial charge in [-0.05, 0) is 19.1 Å². The smallest absolute Gasteiger partial charge is 0.328 e. The molecule has 0 aliphatic heterocycles. The molecule has 106 valence electrons. The number of hydrogen-bond donors (Lipinski definition) is 2. The summed E-state index contributed by atoms with van der Waals surface area (Å²) in [6.45, 7) is 1.98. The predicted molar refractivity (Wildman–Crippen MR) is 66.7 cm³/mol. The molecule has 0 bridgehead atoms. The van der Waals surface area contributed by atoms with Crippen LogP contribution in [0.25, 0.3) is 0 Å². The van der Waals surface area contributed by atoms with Crippen molar-refractivity contribution in [2.45, 2.75) is 19.5 Å². The molecule has 0 aliphatic rings. The molecule has 7 heteroatoms. The zero-order valence-corrected chi connectivity index (χ0v) is 11.2. The Morgan fingerprint density at radius 1 is 1.53 bits per heavy atom. The summed E-state index contributed by atoms with van der Waals surface area (Å²) in [6, 6.07) is 1.99. The lowest BCUT2D eigenvalue weighted by atomic mass is 10.3. The van der Waals surface area contributed by atoms with Crippen molar-refractivity contribution in [1.82, 2.24) is 10.2 Å². The minimum Gasteiger partial charge on any atom is -0.480 e. The largest absolute Gasteiger partial charge is 0.480 e. The number of urea groups is 1. The number of nitrogens with one attached hydrogen (secondary N) is 1. The lowest BCUT2D eigenvalue weighted by Crippen LogP contribution is -2.48. The van der Waals surface area contributed by atoms with Gasteiger partial charge < -0.3 is 24.5 Å². The van der Waals surface area contributed by atoms with Crippen LogP contribution in [0.2, 0.25) is 0 Å². The molecule has 0 radical (unpaired) electrons. The number of aliphatic carboxylic acids is 1. The lowest BCUT2D eigenvalue weighted by molar-refractivity contribution is -0.140. The van der Waals surface area contributed by atoms with Gasteiger partial charge in [-0.2, -0.15) is 0 Å². The number of hydrogen-bond acceptors (Lipinski definition) is 4. The molecule has 7 nitrogen and oxygen atoms in total. The van der Waals surface area contributed by atoms with E-state index in [2.05, 4.69) is 5.32 Å². The van der Waals surface area contributed by atoms with Gasteiger partial charge in [0.05, 0.1) is 13.2 Å². The molecule has 0 spiro atoms. The highest BCUT2D eigenvalue weighted by Crippen LogP contribution is 2.08. The van der Waals surface area contributed by atoms with Crippen molar-refractivity contribution in [2.75, 3.05) is 20.8 Å². The van der Waals surface area contributed by atoms with E-state index in [1.807, 2.05) is 6.92 Å². The third-order valence-corrected chi connectivity index (χ3v) is 2.46. The SMILES string of the molecule is COCC(NC(=O)N(C)Cc1ccc(C)o1)C(=O)O. The van der Waals surface area contributed by atoms with Gasteiger partial charge in [0.15, 0.2) is 6.04 Å². The molecule has 0 fully saturated rings. The number of amides is 2. The van der Waals surface area contributed by atoms with Gasteiger partial charge in [0.2, 0.25) is 0 Å². The van der Waals surface area contributed by atoms with Crippen molar-refractivity contribution in [3.63, 3.8) is 0 Å². The maximum Gasteiger partial charge on any atom is 0.328 e. The van der Waals surface area contributed by atoms with Gasteiger partial charge in [0.1, 0.15) is 11.5 Å². The minimum absolute atomic E-state index is 0.0885. The Bertz CT molecular complexity index is 443. The van der Waals surface area contributed by atoms with Crippen molar-refractivity contribution in [1.29, 1.82) is 0 Å². The summed E-state index contributed by atoms with van der Waals surface area (Å²) in [6.07, 6.45) is 0. The number of carbonyl (C=O) groups is 2. The molecule has 19 heavy (non-hydrogen) atoms.